The predicted octanol–water partition coefficient (Wildman–Crippen LogP) is 1.90. The lowest BCUT2D eigenvalue weighted by Gasteiger charge is -2.08. The quantitative estimate of drug-likeness (QED) is 0.693. The van der Waals surface area contributed by atoms with Gasteiger partial charge in [0.1, 0.15) is 0 Å². The number of sulfonamides is 1. The van der Waals surface area contributed by atoms with Gasteiger partial charge in [0.05, 0.1) is 11.3 Å². The van der Waals surface area contributed by atoms with E-state index in [1.807, 2.05) is 13.0 Å². The molecule has 0 saturated heterocycles. The molecule has 0 radical (unpaired) electrons. The van der Waals surface area contributed by atoms with Crippen LogP contribution in [0.2, 0.25) is 0 Å². The van der Waals surface area contributed by atoms with E-state index in [9.17, 15) is 13.2 Å². The van der Waals surface area contributed by atoms with Gasteiger partial charge in [0.15, 0.2) is 0 Å². The second-order valence-electron chi connectivity index (χ2n) is 4.30. The summed E-state index contributed by atoms with van der Waals surface area (Å²) in [4.78, 5) is 11.8. The molecule has 0 aromatic heterocycles. The van der Waals surface area contributed by atoms with Gasteiger partial charge in [-0.05, 0) is 34.5 Å². The van der Waals surface area contributed by atoms with Crippen LogP contribution in [0.1, 0.15) is 30.1 Å². The summed E-state index contributed by atoms with van der Waals surface area (Å²) in [5, 5.41) is 2.67. The number of nitrogens with one attached hydrogen (secondary N) is 2. The van der Waals surface area contributed by atoms with Crippen LogP contribution in [0.15, 0.2) is 28.7 Å². The number of unbranched alkanes of at least 4 members (excludes halogenated alkanes) is 1. The minimum absolute atomic E-state index is 0.127. The molecule has 0 bridgehead atoms. The molecule has 1 amide bonds. The van der Waals surface area contributed by atoms with Crippen LogP contribution in [-0.2, 0) is 10.0 Å². The largest absolute Gasteiger partial charge is 0.351 e. The van der Waals surface area contributed by atoms with E-state index in [0.29, 0.717) is 16.5 Å². The van der Waals surface area contributed by atoms with Crippen LogP contribution in [0.3, 0.4) is 0 Å². The van der Waals surface area contributed by atoms with Crippen molar-refractivity contribution in [3.05, 3.63) is 34.3 Å². The third-order valence-corrected chi connectivity index (χ3v) is 4.78. The first-order valence-corrected chi connectivity index (χ1v) is 8.91. The SMILES string of the molecule is CCCCS(=O)(=O)NCCNC(=O)c1ccccc1Br. The van der Waals surface area contributed by atoms with E-state index in [4.69, 9.17) is 0 Å². The van der Waals surface area contributed by atoms with Crippen molar-refractivity contribution in [2.45, 2.75) is 19.8 Å². The van der Waals surface area contributed by atoms with Gasteiger partial charge in [-0.3, -0.25) is 4.79 Å². The molecule has 0 spiro atoms. The summed E-state index contributed by atoms with van der Waals surface area (Å²) < 4.78 is 26.2. The molecule has 1 aromatic carbocycles. The number of benzene rings is 1. The van der Waals surface area contributed by atoms with Crippen molar-refractivity contribution in [3.63, 3.8) is 0 Å². The number of hydrogen-bond acceptors (Lipinski definition) is 3. The molecule has 2 N–H and O–H groups in total. The molecule has 7 heteroatoms. The van der Waals surface area contributed by atoms with Crippen molar-refractivity contribution in [2.24, 2.45) is 0 Å². The lowest BCUT2D eigenvalue weighted by atomic mass is 10.2. The number of rotatable bonds is 8. The van der Waals surface area contributed by atoms with Gasteiger partial charge in [0.25, 0.3) is 5.91 Å². The van der Waals surface area contributed by atoms with Gasteiger partial charge < -0.3 is 5.32 Å². The zero-order valence-corrected chi connectivity index (χ0v) is 13.8. The summed E-state index contributed by atoms with van der Waals surface area (Å²) >= 11 is 3.29. The van der Waals surface area contributed by atoms with Crippen LogP contribution in [0.25, 0.3) is 0 Å². The molecule has 20 heavy (non-hydrogen) atoms. The Morgan fingerprint density at radius 2 is 1.95 bits per heavy atom. The summed E-state index contributed by atoms with van der Waals surface area (Å²) in [6.07, 6.45) is 1.47. The molecule has 5 nitrogen and oxygen atoms in total. The van der Waals surface area contributed by atoms with E-state index in [2.05, 4.69) is 26.0 Å². The third-order valence-electron chi connectivity index (χ3n) is 2.62. The minimum Gasteiger partial charge on any atom is -0.351 e. The minimum atomic E-state index is -3.23. The fourth-order valence-corrected chi connectivity index (χ4v) is 3.22. The molecule has 0 heterocycles. The molecule has 0 aliphatic heterocycles. The van der Waals surface area contributed by atoms with Gasteiger partial charge in [-0.25, -0.2) is 13.1 Å². The van der Waals surface area contributed by atoms with E-state index in [0.717, 1.165) is 6.42 Å². The highest BCUT2D eigenvalue weighted by Crippen LogP contribution is 2.15. The second kappa shape index (κ2) is 8.39. The van der Waals surface area contributed by atoms with Crippen molar-refractivity contribution >= 4 is 31.9 Å². The summed E-state index contributed by atoms with van der Waals surface area (Å²) in [6.45, 7) is 2.39. The topological polar surface area (TPSA) is 75.3 Å². The number of halogens is 1. The Balaban J connectivity index is 2.35. The molecule has 1 aromatic rings. The van der Waals surface area contributed by atoms with Crippen LogP contribution in [0.4, 0.5) is 0 Å². The molecule has 112 valence electrons. The Kier molecular flexibility index (Phi) is 7.18. The predicted molar refractivity (Wildman–Crippen MR) is 83.2 cm³/mol. The maximum atomic E-state index is 11.8. The molecule has 1 rings (SSSR count). The lowest BCUT2D eigenvalue weighted by molar-refractivity contribution is 0.0953. The fraction of sp³-hybridized carbons (Fsp3) is 0.462. The van der Waals surface area contributed by atoms with Gasteiger partial charge in [0, 0.05) is 17.6 Å². The highest BCUT2D eigenvalue weighted by molar-refractivity contribution is 9.10. The summed E-state index contributed by atoms with van der Waals surface area (Å²) in [5.41, 5.74) is 0.529. The van der Waals surface area contributed by atoms with Crippen LogP contribution < -0.4 is 10.0 Å². The Labute approximate surface area is 128 Å². The van der Waals surface area contributed by atoms with Gasteiger partial charge in [-0.1, -0.05) is 25.5 Å². The Hall–Kier alpha value is -0.920. The Morgan fingerprint density at radius 3 is 2.60 bits per heavy atom. The van der Waals surface area contributed by atoms with Crippen molar-refractivity contribution in [3.8, 4) is 0 Å². The van der Waals surface area contributed by atoms with Crippen LogP contribution in [0, 0.1) is 0 Å². The van der Waals surface area contributed by atoms with Crippen molar-refractivity contribution in [1.82, 2.24) is 10.0 Å². The summed E-state index contributed by atoms with van der Waals surface area (Å²) in [6, 6.07) is 7.07. The maximum Gasteiger partial charge on any atom is 0.252 e. The fourth-order valence-electron chi connectivity index (χ4n) is 1.53. The standard InChI is InChI=1S/C13H19BrN2O3S/c1-2-3-10-20(18,19)16-9-8-15-13(17)11-6-4-5-7-12(11)14/h4-7,16H,2-3,8-10H2,1H3,(H,15,17). The van der Waals surface area contributed by atoms with Crippen LogP contribution >= 0.6 is 15.9 Å². The van der Waals surface area contributed by atoms with Gasteiger partial charge in [-0.2, -0.15) is 0 Å². The molecule has 0 aliphatic carbocycles. The number of amides is 1. The van der Waals surface area contributed by atoms with E-state index in [1.165, 1.54) is 0 Å². The van der Waals surface area contributed by atoms with Gasteiger partial charge in [0.2, 0.25) is 10.0 Å². The molecular formula is C13H19BrN2O3S. The smallest absolute Gasteiger partial charge is 0.252 e. The number of hydrogen-bond donors (Lipinski definition) is 2. The van der Waals surface area contributed by atoms with Crippen molar-refractivity contribution in [1.29, 1.82) is 0 Å². The van der Waals surface area contributed by atoms with E-state index < -0.39 is 10.0 Å². The van der Waals surface area contributed by atoms with E-state index >= 15 is 0 Å². The lowest BCUT2D eigenvalue weighted by Crippen LogP contribution is -2.35. The first-order chi connectivity index (χ1) is 9.46. The second-order valence-corrected chi connectivity index (χ2v) is 7.08. The zero-order chi connectivity index (χ0) is 15.0. The van der Waals surface area contributed by atoms with Gasteiger partial charge in [-0.15, -0.1) is 0 Å². The number of carbonyl (C=O) groups excluding carboxylic acids is 1. The summed E-state index contributed by atoms with van der Waals surface area (Å²) in [7, 11) is -3.23. The van der Waals surface area contributed by atoms with Crippen molar-refractivity contribution in [2.75, 3.05) is 18.8 Å². The first-order valence-electron chi connectivity index (χ1n) is 6.46. The molecule has 0 unspecified atom stereocenters. The van der Waals surface area contributed by atoms with E-state index in [1.54, 1.807) is 18.2 Å². The van der Waals surface area contributed by atoms with E-state index in [-0.39, 0.29) is 24.7 Å². The molecule has 0 atom stereocenters. The van der Waals surface area contributed by atoms with Crippen molar-refractivity contribution < 1.29 is 13.2 Å². The van der Waals surface area contributed by atoms with Crippen LogP contribution in [0.5, 0.6) is 0 Å². The monoisotopic (exact) mass is 362 g/mol. The molecule has 0 aliphatic rings. The zero-order valence-electron chi connectivity index (χ0n) is 11.4. The normalized spacial score (nSPS) is 11.3. The third kappa shape index (κ3) is 6.02. The van der Waals surface area contributed by atoms with Gasteiger partial charge >= 0.3 is 0 Å². The average molecular weight is 363 g/mol. The first kappa shape index (κ1) is 17.1. The molecule has 0 saturated carbocycles. The highest BCUT2D eigenvalue weighted by Gasteiger charge is 2.10. The van der Waals surface area contributed by atoms with Crippen LogP contribution in [-0.4, -0.2) is 33.2 Å². The highest BCUT2D eigenvalue weighted by atomic mass is 79.9. The maximum absolute atomic E-state index is 11.8. The molecule has 0 fully saturated rings. The average Bonchev–Trinajstić information content (AvgIpc) is 2.42. The Morgan fingerprint density at radius 1 is 1.25 bits per heavy atom. The Bertz CT molecular complexity index is 546. The summed E-state index contributed by atoms with van der Waals surface area (Å²) in [5.74, 6) is -0.105. The molecular weight excluding hydrogens is 344 g/mol. The number of carbonyl (C=O) groups is 1.